The minimum atomic E-state index is -0.163. The van der Waals surface area contributed by atoms with Crippen molar-refractivity contribution in [2.45, 2.75) is 19.4 Å². The molecule has 0 saturated carbocycles. The highest BCUT2D eigenvalue weighted by atomic mass is 35.5. The number of rotatable bonds is 4. The summed E-state index contributed by atoms with van der Waals surface area (Å²) in [6.45, 7) is 4.56. The molecule has 24 heavy (non-hydrogen) atoms. The second-order valence-corrected chi connectivity index (χ2v) is 7.06. The van der Waals surface area contributed by atoms with Gasteiger partial charge in [-0.3, -0.25) is 9.59 Å². The molecule has 5 nitrogen and oxygen atoms in total. The highest BCUT2D eigenvalue weighted by Crippen LogP contribution is 2.30. The average Bonchev–Trinajstić information content (AvgIpc) is 3.03. The highest BCUT2D eigenvalue weighted by molar-refractivity contribution is 7.15. The quantitative estimate of drug-likeness (QED) is 0.851. The average molecular weight is 362 g/mol. The number of nitrogens with zero attached hydrogens (tertiary/aromatic N) is 2. The fraction of sp³-hybridized carbons (Fsp3) is 0.235. The molecule has 0 bridgehead atoms. The van der Waals surface area contributed by atoms with Gasteiger partial charge in [0.1, 0.15) is 0 Å². The van der Waals surface area contributed by atoms with Crippen LogP contribution < -0.4 is 10.2 Å². The van der Waals surface area contributed by atoms with Crippen LogP contribution in [0.5, 0.6) is 0 Å². The first kappa shape index (κ1) is 16.7. The van der Waals surface area contributed by atoms with Crippen LogP contribution in [-0.4, -0.2) is 23.3 Å². The van der Waals surface area contributed by atoms with Crippen molar-refractivity contribution in [1.82, 2.24) is 10.3 Å². The summed E-state index contributed by atoms with van der Waals surface area (Å²) in [5.74, 6) is -0.308. The Morgan fingerprint density at radius 1 is 1.46 bits per heavy atom. The number of fused-ring (bicyclic) bond motifs is 1. The van der Waals surface area contributed by atoms with Crippen molar-refractivity contribution in [2.24, 2.45) is 0 Å². The lowest BCUT2D eigenvalue weighted by Crippen LogP contribution is -2.35. The molecular weight excluding hydrogens is 346 g/mol. The molecule has 1 aliphatic rings. The normalized spacial score (nSPS) is 13.3. The molecular formula is C17H16ClN3O2S. The van der Waals surface area contributed by atoms with E-state index >= 15 is 0 Å². The van der Waals surface area contributed by atoms with E-state index in [9.17, 15) is 9.59 Å². The Bertz CT molecular complexity index is 803. The van der Waals surface area contributed by atoms with Gasteiger partial charge in [-0.15, -0.1) is 11.3 Å². The van der Waals surface area contributed by atoms with Crippen LogP contribution >= 0.6 is 22.9 Å². The predicted octanol–water partition coefficient (Wildman–Crippen LogP) is 3.19. The van der Waals surface area contributed by atoms with Gasteiger partial charge in [0.2, 0.25) is 5.91 Å². The molecule has 1 aliphatic heterocycles. The van der Waals surface area contributed by atoms with Gasteiger partial charge in [0.25, 0.3) is 5.91 Å². The maximum Gasteiger partial charge on any atom is 0.251 e. The lowest BCUT2D eigenvalue weighted by molar-refractivity contribution is -0.114. The minimum absolute atomic E-state index is 0.146. The molecule has 2 heterocycles. The summed E-state index contributed by atoms with van der Waals surface area (Å²) < 4.78 is 0.454. The molecule has 0 atom stereocenters. The number of anilines is 1. The predicted molar refractivity (Wildman–Crippen MR) is 95.6 cm³/mol. The van der Waals surface area contributed by atoms with Crippen LogP contribution in [0.3, 0.4) is 0 Å². The highest BCUT2D eigenvalue weighted by Gasteiger charge is 2.24. The van der Waals surface area contributed by atoms with E-state index in [2.05, 4.69) is 16.9 Å². The number of nitrogens with one attached hydrogen (secondary N) is 1. The van der Waals surface area contributed by atoms with Crippen LogP contribution in [0.2, 0.25) is 4.47 Å². The molecule has 0 saturated heterocycles. The number of amides is 2. The molecule has 0 fully saturated rings. The van der Waals surface area contributed by atoms with E-state index < -0.39 is 0 Å². The van der Waals surface area contributed by atoms with Crippen molar-refractivity contribution in [1.29, 1.82) is 0 Å². The van der Waals surface area contributed by atoms with E-state index in [4.69, 9.17) is 11.6 Å². The van der Waals surface area contributed by atoms with Crippen molar-refractivity contribution in [3.05, 3.63) is 57.5 Å². The van der Waals surface area contributed by atoms with Gasteiger partial charge >= 0.3 is 0 Å². The van der Waals surface area contributed by atoms with Crippen LogP contribution in [-0.2, 0) is 17.8 Å². The zero-order valence-electron chi connectivity index (χ0n) is 12.9. The molecule has 2 amide bonds. The maximum absolute atomic E-state index is 12.6. The van der Waals surface area contributed by atoms with Gasteiger partial charge in [-0.05, 0) is 36.6 Å². The Balaban J connectivity index is 1.82. The molecule has 1 aromatic heterocycles. The number of aromatic nitrogens is 1. The summed E-state index contributed by atoms with van der Waals surface area (Å²) in [6, 6.07) is 5.46. The summed E-state index contributed by atoms with van der Waals surface area (Å²) in [6.07, 6.45) is 4.54. The molecule has 0 radical (unpaired) electrons. The molecule has 0 aliphatic carbocycles. The van der Waals surface area contributed by atoms with Crippen LogP contribution in [0, 0.1) is 0 Å². The molecule has 1 N–H and O–H groups in total. The molecule has 3 rings (SSSR count). The van der Waals surface area contributed by atoms with Gasteiger partial charge in [-0.25, -0.2) is 4.98 Å². The van der Waals surface area contributed by atoms with Crippen molar-refractivity contribution in [2.75, 3.05) is 11.4 Å². The first-order valence-corrected chi connectivity index (χ1v) is 8.74. The maximum atomic E-state index is 12.6. The smallest absolute Gasteiger partial charge is 0.251 e. The first-order chi connectivity index (χ1) is 11.6. The van der Waals surface area contributed by atoms with Crippen molar-refractivity contribution >= 4 is 40.4 Å². The summed E-state index contributed by atoms with van der Waals surface area (Å²) >= 11 is 7.13. The van der Waals surface area contributed by atoms with Gasteiger partial charge in [0.15, 0.2) is 4.47 Å². The van der Waals surface area contributed by atoms with Gasteiger partial charge in [0, 0.05) is 28.9 Å². The molecule has 124 valence electrons. The summed E-state index contributed by atoms with van der Waals surface area (Å²) in [5.41, 5.74) is 2.29. The third kappa shape index (κ3) is 3.34. The van der Waals surface area contributed by atoms with Crippen LogP contribution in [0.4, 0.5) is 5.69 Å². The van der Waals surface area contributed by atoms with E-state index in [1.54, 1.807) is 23.2 Å². The van der Waals surface area contributed by atoms with Crippen LogP contribution in [0.15, 0.2) is 37.1 Å². The Hall–Kier alpha value is -2.18. The fourth-order valence-corrected chi connectivity index (χ4v) is 3.72. The summed E-state index contributed by atoms with van der Waals surface area (Å²) in [5, 5.41) is 2.89. The first-order valence-electron chi connectivity index (χ1n) is 7.54. The topological polar surface area (TPSA) is 62.3 Å². The van der Waals surface area contributed by atoms with Gasteiger partial charge in [-0.1, -0.05) is 24.2 Å². The van der Waals surface area contributed by atoms with Gasteiger partial charge < -0.3 is 10.2 Å². The second kappa shape index (κ2) is 7.15. The standard InChI is InChI=1S/C17H16ClN3O2S/c1-2-15(22)21-8-4-6-12-13(5-3-7-14(12)21)16(23)19-9-11-10-20-17(18)24-11/h2-3,5,7,10H,1,4,6,8-9H2,(H,19,23). The van der Waals surface area contributed by atoms with E-state index in [0.29, 0.717) is 23.1 Å². The number of halogens is 1. The SMILES string of the molecule is C=CC(=O)N1CCCc2c(C(=O)NCc3cnc(Cl)s3)cccc21. The Labute approximate surface area is 149 Å². The molecule has 2 aromatic rings. The minimum Gasteiger partial charge on any atom is -0.347 e. The van der Waals surface area contributed by atoms with Crippen LogP contribution in [0.25, 0.3) is 0 Å². The van der Waals surface area contributed by atoms with E-state index in [1.807, 2.05) is 6.07 Å². The second-order valence-electron chi connectivity index (χ2n) is 5.36. The van der Waals surface area contributed by atoms with Crippen molar-refractivity contribution in [3.8, 4) is 0 Å². The third-order valence-corrected chi connectivity index (χ3v) is 5.00. The van der Waals surface area contributed by atoms with Gasteiger partial charge in [0.05, 0.1) is 6.54 Å². The van der Waals surface area contributed by atoms with Crippen molar-refractivity contribution < 1.29 is 9.59 Å². The van der Waals surface area contributed by atoms with E-state index in [0.717, 1.165) is 29.0 Å². The summed E-state index contributed by atoms with van der Waals surface area (Å²) in [4.78, 5) is 31.1. The zero-order chi connectivity index (χ0) is 17.1. The number of hydrogen-bond donors (Lipinski definition) is 1. The molecule has 0 unspecified atom stereocenters. The molecule has 7 heteroatoms. The van der Waals surface area contributed by atoms with Crippen molar-refractivity contribution in [3.63, 3.8) is 0 Å². The largest absolute Gasteiger partial charge is 0.347 e. The Morgan fingerprint density at radius 2 is 2.29 bits per heavy atom. The monoisotopic (exact) mass is 361 g/mol. The number of hydrogen-bond acceptors (Lipinski definition) is 4. The summed E-state index contributed by atoms with van der Waals surface area (Å²) in [7, 11) is 0. The number of thiazole rings is 1. The molecule has 1 aromatic carbocycles. The zero-order valence-corrected chi connectivity index (χ0v) is 14.5. The lowest BCUT2D eigenvalue weighted by Gasteiger charge is -2.29. The molecule has 0 spiro atoms. The Morgan fingerprint density at radius 3 is 3.00 bits per heavy atom. The lowest BCUT2D eigenvalue weighted by atomic mass is 9.95. The number of carbonyl (C=O) groups is 2. The van der Waals surface area contributed by atoms with Crippen LogP contribution in [0.1, 0.15) is 27.2 Å². The van der Waals surface area contributed by atoms with Gasteiger partial charge in [-0.2, -0.15) is 0 Å². The number of benzene rings is 1. The van der Waals surface area contributed by atoms with E-state index in [1.165, 1.54) is 17.4 Å². The van der Waals surface area contributed by atoms with E-state index in [-0.39, 0.29) is 11.8 Å². The Kier molecular flexibility index (Phi) is 4.97. The number of carbonyl (C=O) groups excluding carboxylic acids is 2. The third-order valence-electron chi connectivity index (χ3n) is 3.88. The fourth-order valence-electron chi connectivity index (χ4n) is 2.80.